The van der Waals surface area contributed by atoms with Gasteiger partial charge in [0.15, 0.2) is 5.17 Å². The second-order valence-corrected chi connectivity index (χ2v) is 9.40. The zero-order chi connectivity index (χ0) is 23.7. The Morgan fingerprint density at radius 3 is 2.47 bits per heavy atom. The predicted octanol–water partition coefficient (Wildman–Crippen LogP) is 4.88. The molecule has 2 heterocycles. The average molecular weight is 469 g/mol. The lowest BCUT2D eigenvalue weighted by Gasteiger charge is -2.25. The molecule has 5 rings (SSSR count). The van der Waals surface area contributed by atoms with Gasteiger partial charge in [-0.1, -0.05) is 60.3 Å². The minimum atomic E-state index is -0.515. The summed E-state index contributed by atoms with van der Waals surface area (Å²) < 4.78 is 0. The molecule has 0 unspecified atom stereocenters. The Morgan fingerprint density at radius 1 is 1.00 bits per heavy atom. The quantitative estimate of drug-likeness (QED) is 0.580. The molecule has 0 aliphatic carbocycles. The highest BCUT2D eigenvalue weighted by atomic mass is 32.2. The first kappa shape index (κ1) is 22.1. The van der Waals surface area contributed by atoms with Crippen molar-refractivity contribution in [3.8, 4) is 0 Å². The number of fused-ring (bicyclic) bond motifs is 3. The summed E-state index contributed by atoms with van der Waals surface area (Å²) in [6.45, 7) is 3.99. The first-order chi connectivity index (χ1) is 16.5. The minimum Gasteiger partial charge on any atom is -0.325 e. The summed E-state index contributed by atoms with van der Waals surface area (Å²) in [5.74, 6) is 0.472. The van der Waals surface area contributed by atoms with Gasteiger partial charge in [-0.2, -0.15) is 0 Å². The summed E-state index contributed by atoms with van der Waals surface area (Å²) in [7, 11) is 0. The molecule has 0 saturated heterocycles. The molecule has 2 aliphatic heterocycles. The van der Waals surface area contributed by atoms with Crippen molar-refractivity contribution in [2.24, 2.45) is 9.98 Å². The van der Waals surface area contributed by atoms with Crippen molar-refractivity contribution in [1.29, 1.82) is 0 Å². The Kier molecular flexibility index (Phi) is 6.02. The van der Waals surface area contributed by atoms with Crippen molar-refractivity contribution >= 4 is 46.0 Å². The van der Waals surface area contributed by atoms with E-state index in [0.717, 1.165) is 33.6 Å². The van der Waals surface area contributed by atoms with Crippen LogP contribution in [0.3, 0.4) is 0 Å². The molecule has 3 aromatic rings. The third-order valence-corrected chi connectivity index (χ3v) is 6.60. The van der Waals surface area contributed by atoms with Gasteiger partial charge in [-0.3, -0.25) is 14.6 Å². The van der Waals surface area contributed by atoms with E-state index < -0.39 is 6.04 Å². The number of aryl methyl sites for hydroxylation is 2. The molecule has 0 bridgehead atoms. The van der Waals surface area contributed by atoms with Crippen LogP contribution in [-0.4, -0.2) is 39.5 Å². The maximum absolute atomic E-state index is 13.4. The van der Waals surface area contributed by atoms with Crippen molar-refractivity contribution in [3.63, 3.8) is 0 Å². The number of rotatable bonds is 5. The standard InChI is InChI=1S/C27H24N4O2S/c1-17-12-18(2)14-20(13-17)28-24(32)16-34-27-30-22-11-7-6-10-21(22)25-29-23(26(33)31(25)27)15-19-8-4-3-5-9-19/h3-14,23H,15-16H2,1-2H3,(H,28,32)/t23-/m1/s1. The molecule has 1 atom stereocenters. The van der Waals surface area contributed by atoms with Gasteiger partial charge in [0.05, 0.1) is 11.4 Å². The molecule has 0 spiro atoms. The molecule has 0 aromatic heterocycles. The van der Waals surface area contributed by atoms with Crippen molar-refractivity contribution in [3.05, 3.63) is 95.1 Å². The SMILES string of the molecule is Cc1cc(C)cc(NC(=O)CSC2=Nc3ccccc3C3=N[C@H](Cc4ccccc4)C(=O)N23)c1. The Bertz CT molecular complexity index is 1310. The van der Waals surface area contributed by atoms with E-state index in [2.05, 4.69) is 11.4 Å². The van der Waals surface area contributed by atoms with Crippen molar-refractivity contribution in [2.45, 2.75) is 26.3 Å². The van der Waals surface area contributed by atoms with E-state index in [9.17, 15) is 9.59 Å². The third kappa shape index (κ3) is 4.52. The largest absolute Gasteiger partial charge is 0.325 e. The van der Waals surface area contributed by atoms with Crippen LogP contribution in [0, 0.1) is 13.8 Å². The maximum Gasteiger partial charge on any atom is 0.259 e. The Morgan fingerprint density at radius 2 is 1.71 bits per heavy atom. The van der Waals surface area contributed by atoms with Crippen molar-refractivity contribution in [1.82, 2.24) is 4.90 Å². The number of thioether (sulfide) groups is 1. The van der Waals surface area contributed by atoms with Gasteiger partial charge in [0.2, 0.25) is 5.91 Å². The fraction of sp³-hybridized carbons (Fsp3) is 0.185. The van der Waals surface area contributed by atoms with Crippen molar-refractivity contribution < 1.29 is 9.59 Å². The monoisotopic (exact) mass is 468 g/mol. The fourth-order valence-electron chi connectivity index (χ4n) is 4.24. The van der Waals surface area contributed by atoms with E-state index in [-0.39, 0.29) is 17.6 Å². The highest BCUT2D eigenvalue weighted by molar-refractivity contribution is 8.14. The van der Waals surface area contributed by atoms with Gasteiger partial charge in [0, 0.05) is 17.7 Å². The molecule has 7 heteroatoms. The van der Waals surface area contributed by atoms with Gasteiger partial charge in [-0.05, 0) is 54.8 Å². The van der Waals surface area contributed by atoms with Crippen LogP contribution in [0.15, 0.2) is 82.8 Å². The molecular weight excluding hydrogens is 444 g/mol. The number of nitrogens with zero attached hydrogens (tertiary/aromatic N) is 3. The van der Waals surface area contributed by atoms with Crippen LogP contribution < -0.4 is 5.32 Å². The van der Waals surface area contributed by atoms with Crippen LogP contribution in [-0.2, 0) is 16.0 Å². The van der Waals surface area contributed by atoms with Gasteiger partial charge >= 0.3 is 0 Å². The summed E-state index contributed by atoms with van der Waals surface area (Å²) in [5.41, 5.74) is 5.57. The molecule has 2 aliphatic rings. The summed E-state index contributed by atoms with van der Waals surface area (Å²) in [5, 5.41) is 3.43. The minimum absolute atomic E-state index is 0.116. The molecule has 170 valence electrons. The van der Waals surface area contributed by atoms with Crippen LogP contribution in [0.5, 0.6) is 0 Å². The summed E-state index contributed by atoms with van der Waals surface area (Å²) >= 11 is 1.25. The number of para-hydroxylation sites is 1. The summed E-state index contributed by atoms with van der Waals surface area (Å²) in [4.78, 5) is 37.1. The van der Waals surface area contributed by atoms with Gasteiger partial charge in [-0.25, -0.2) is 9.89 Å². The molecule has 2 amide bonds. The van der Waals surface area contributed by atoms with Gasteiger partial charge in [-0.15, -0.1) is 0 Å². The predicted molar refractivity (Wildman–Crippen MR) is 138 cm³/mol. The number of amides is 2. The number of benzene rings is 3. The number of carbonyl (C=O) groups is 2. The fourth-order valence-corrected chi connectivity index (χ4v) is 5.04. The van der Waals surface area contributed by atoms with E-state index in [4.69, 9.17) is 9.98 Å². The number of aliphatic imine (C=N–C) groups is 2. The Labute approximate surface area is 202 Å². The molecule has 1 N–H and O–H groups in total. The molecule has 34 heavy (non-hydrogen) atoms. The smallest absolute Gasteiger partial charge is 0.259 e. The Balaban J connectivity index is 1.36. The van der Waals surface area contributed by atoms with E-state index in [1.807, 2.05) is 80.6 Å². The summed E-state index contributed by atoms with van der Waals surface area (Å²) in [6.07, 6.45) is 0.521. The molecule has 3 aromatic carbocycles. The van der Waals surface area contributed by atoms with E-state index in [1.54, 1.807) is 4.90 Å². The van der Waals surface area contributed by atoms with Crippen LogP contribution in [0.4, 0.5) is 11.4 Å². The molecule has 0 radical (unpaired) electrons. The Hall–Kier alpha value is -3.71. The van der Waals surface area contributed by atoms with E-state index >= 15 is 0 Å². The first-order valence-corrected chi connectivity index (χ1v) is 12.1. The zero-order valence-corrected chi connectivity index (χ0v) is 19.8. The number of anilines is 1. The van der Waals surface area contributed by atoms with E-state index in [0.29, 0.717) is 17.4 Å². The van der Waals surface area contributed by atoms with E-state index in [1.165, 1.54) is 11.8 Å². The molecular formula is C27H24N4O2S. The van der Waals surface area contributed by atoms with Crippen LogP contribution >= 0.6 is 11.8 Å². The van der Waals surface area contributed by atoms with Crippen LogP contribution in [0.2, 0.25) is 0 Å². The van der Waals surface area contributed by atoms with Crippen LogP contribution in [0.1, 0.15) is 22.3 Å². The maximum atomic E-state index is 13.4. The zero-order valence-electron chi connectivity index (χ0n) is 19.0. The normalized spacial score (nSPS) is 16.5. The number of nitrogens with one attached hydrogen (secondary N) is 1. The lowest BCUT2D eigenvalue weighted by molar-refractivity contribution is -0.124. The number of amidine groups is 2. The highest BCUT2D eigenvalue weighted by Crippen LogP contribution is 2.34. The lowest BCUT2D eigenvalue weighted by Crippen LogP contribution is -2.41. The summed E-state index contributed by atoms with van der Waals surface area (Å²) in [6, 6.07) is 22.9. The van der Waals surface area contributed by atoms with Gasteiger partial charge < -0.3 is 5.32 Å². The van der Waals surface area contributed by atoms with Gasteiger partial charge in [0.25, 0.3) is 5.91 Å². The second kappa shape index (κ2) is 9.27. The second-order valence-electron chi connectivity index (χ2n) is 8.46. The molecule has 6 nitrogen and oxygen atoms in total. The first-order valence-electron chi connectivity index (χ1n) is 11.1. The number of hydrogen-bond acceptors (Lipinski definition) is 5. The molecule has 0 fully saturated rings. The van der Waals surface area contributed by atoms with Crippen molar-refractivity contribution in [2.75, 3.05) is 11.1 Å². The highest BCUT2D eigenvalue weighted by Gasteiger charge is 2.41. The third-order valence-electron chi connectivity index (χ3n) is 5.66. The number of hydrogen-bond donors (Lipinski definition) is 1. The van der Waals surface area contributed by atoms with Crippen LogP contribution in [0.25, 0.3) is 0 Å². The lowest BCUT2D eigenvalue weighted by atomic mass is 10.1. The number of carbonyl (C=O) groups excluding carboxylic acids is 2. The molecule has 0 saturated carbocycles. The topological polar surface area (TPSA) is 74.1 Å². The average Bonchev–Trinajstić information content (AvgIpc) is 3.14. The van der Waals surface area contributed by atoms with Gasteiger partial charge in [0.1, 0.15) is 11.9 Å².